The maximum absolute atomic E-state index is 12.3. The summed E-state index contributed by atoms with van der Waals surface area (Å²) in [5.41, 5.74) is 2.89. The van der Waals surface area contributed by atoms with E-state index in [1.165, 1.54) is 12.1 Å². The molecule has 154 valence electrons. The van der Waals surface area contributed by atoms with E-state index in [4.69, 9.17) is 16.3 Å². The average molecular weight is 434 g/mol. The Labute approximate surface area is 174 Å². The Morgan fingerprint density at radius 1 is 1.03 bits per heavy atom. The van der Waals surface area contributed by atoms with Gasteiger partial charge in [0.05, 0.1) is 36.1 Å². The summed E-state index contributed by atoms with van der Waals surface area (Å²) in [6.07, 6.45) is -1.26. The van der Waals surface area contributed by atoms with E-state index in [1.807, 2.05) is 12.1 Å². The van der Waals surface area contributed by atoms with Crippen LogP contribution in [0.1, 0.15) is 5.56 Å². The van der Waals surface area contributed by atoms with E-state index < -0.39 is 6.36 Å². The number of fused-ring (bicyclic) bond motifs is 1. The minimum atomic E-state index is -4.71. The SMILES string of the molecule is COc1ccc2c(Cl)cc(-c3cnn(Cc4ccc(OC(F)(F)F)cc4)c3)nc2c1. The van der Waals surface area contributed by atoms with Gasteiger partial charge in [-0.2, -0.15) is 5.10 Å². The zero-order chi connectivity index (χ0) is 21.3. The second-order valence-electron chi connectivity index (χ2n) is 6.49. The zero-order valence-electron chi connectivity index (χ0n) is 15.7. The first-order chi connectivity index (χ1) is 14.3. The van der Waals surface area contributed by atoms with Crippen molar-refractivity contribution in [1.29, 1.82) is 0 Å². The molecule has 0 N–H and O–H groups in total. The van der Waals surface area contributed by atoms with Gasteiger partial charge < -0.3 is 9.47 Å². The number of hydrogen-bond acceptors (Lipinski definition) is 4. The van der Waals surface area contributed by atoms with E-state index in [2.05, 4.69) is 14.8 Å². The molecule has 0 aliphatic rings. The number of nitrogens with zero attached hydrogens (tertiary/aromatic N) is 3. The van der Waals surface area contributed by atoms with E-state index in [1.54, 1.807) is 48.5 Å². The predicted octanol–water partition coefficient (Wildman–Crippen LogP) is 5.71. The molecule has 5 nitrogen and oxygen atoms in total. The Kier molecular flexibility index (Phi) is 5.26. The minimum Gasteiger partial charge on any atom is -0.497 e. The van der Waals surface area contributed by atoms with Gasteiger partial charge in [-0.15, -0.1) is 13.2 Å². The van der Waals surface area contributed by atoms with E-state index in [0.717, 1.165) is 16.5 Å². The van der Waals surface area contributed by atoms with Gasteiger partial charge in [-0.25, -0.2) is 4.98 Å². The van der Waals surface area contributed by atoms with Gasteiger partial charge >= 0.3 is 6.36 Å². The van der Waals surface area contributed by atoms with Gasteiger partial charge in [0.2, 0.25) is 0 Å². The van der Waals surface area contributed by atoms with E-state index in [-0.39, 0.29) is 5.75 Å². The lowest BCUT2D eigenvalue weighted by atomic mass is 10.1. The molecule has 0 amide bonds. The van der Waals surface area contributed by atoms with Gasteiger partial charge in [0.1, 0.15) is 11.5 Å². The highest BCUT2D eigenvalue weighted by molar-refractivity contribution is 6.35. The zero-order valence-corrected chi connectivity index (χ0v) is 16.4. The summed E-state index contributed by atoms with van der Waals surface area (Å²) in [7, 11) is 1.58. The van der Waals surface area contributed by atoms with E-state index in [0.29, 0.717) is 28.5 Å². The van der Waals surface area contributed by atoms with Gasteiger partial charge in [0.25, 0.3) is 0 Å². The molecule has 0 unspecified atom stereocenters. The van der Waals surface area contributed by atoms with Crippen LogP contribution in [0.4, 0.5) is 13.2 Å². The van der Waals surface area contributed by atoms with Crippen LogP contribution in [0.25, 0.3) is 22.2 Å². The molecule has 0 spiro atoms. The van der Waals surface area contributed by atoms with Crippen molar-refractivity contribution in [2.75, 3.05) is 7.11 Å². The third-order valence-electron chi connectivity index (χ3n) is 4.40. The number of ether oxygens (including phenoxy) is 2. The Balaban J connectivity index is 1.55. The fourth-order valence-corrected chi connectivity index (χ4v) is 3.27. The number of hydrogen-bond donors (Lipinski definition) is 0. The topological polar surface area (TPSA) is 49.2 Å². The van der Waals surface area contributed by atoms with Crippen molar-refractivity contribution in [2.24, 2.45) is 0 Å². The van der Waals surface area contributed by atoms with Crippen molar-refractivity contribution in [3.63, 3.8) is 0 Å². The maximum Gasteiger partial charge on any atom is 0.573 e. The predicted molar refractivity (Wildman–Crippen MR) is 107 cm³/mol. The average Bonchev–Trinajstić information content (AvgIpc) is 3.16. The number of pyridine rings is 1. The Hall–Kier alpha value is -3.26. The first kappa shape index (κ1) is 20.0. The summed E-state index contributed by atoms with van der Waals surface area (Å²) in [5.74, 6) is 0.412. The monoisotopic (exact) mass is 433 g/mol. The van der Waals surface area contributed by atoms with E-state index >= 15 is 0 Å². The van der Waals surface area contributed by atoms with Crippen molar-refractivity contribution >= 4 is 22.5 Å². The smallest absolute Gasteiger partial charge is 0.497 e. The van der Waals surface area contributed by atoms with Crippen LogP contribution in [0.5, 0.6) is 11.5 Å². The van der Waals surface area contributed by atoms with Crippen LogP contribution in [0.2, 0.25) is 5.02 Å². The molecule has 2 heterocycles. The molecule has 9 heteroatoms. The Morgan fingerprint density at radius 3 is 2.47 bits per heavy atom. The lowest BCUT2D eigenvalue weighted by Crippen LogP contribution is -2.17. The van der Waals surface area contributed by atoms with Crippen LogP contribution in [0.3, 0.4) is 0 Å². The summed E-state index contributed by atoms with van der Waals surface area (Å²) >= 11 is 6.40. The van der Waals surface area contributed by atoms with Crippen molar-refractivity contribution < 1.29 is 22.6 Å². The largest absolute Gasteiger partial charge is 0.573 e. The number of aromatic nitrogens is 3. The molecule has 0 aliphatic carbocycles. The van der Waals surface area contributed by atoms with Crippen LogP contribution >= 0.6 is 11.6 Å². The summed E-state index contributed by atoms with van der Waals surface area (Å²) in [6, 6.07) is 12.9. The van der Waals surface area contributed by atoms with Gasteiger partial charge in [-0.05, 0) is 35.9 Å². The highest BCUT2D eigenvalue weighted by Gasteiger charge is 2.30. The molecule has 0 aliphatic heterocycles. The molecule has 0 bridgehead atoms. The molecule has 0 atom stereocenters. The minimum absolute atomic E-state index is 0.266. The highest BCUT2D eigenvalue weighted by atomic mass is 35.5. The third kappa shape index (κ3) is 4.49. The lowest BCUT2D eigenvalue weighted by Gasteiger charge is -2.09. The molecule has 0 fully saturated rings. The number of rotatable bonds is 5. The lowest BCUT2D eigenvalue weighted by molar-refractivity contribution is -0.274. The molecule has 0 saturated heterocycles. The summed E-state index contributed by atoms with van der Waals surface area (Å²) < 4.78 is 47.6. The number of methoxy groups -OCH3 is 1. The molecule has 4 aromatic rings. The molecule has 30 heavy (non-hydrogen) atoms. The fraction of sp³-hybridized carbons (Fsp3) is 0.143. The molecular formula is C21H15ClF3N3O2. The van der Waals surface area contributed by atoms with Crippen LogP contribution in [-0.4, -0.2) is 28.2 Å². The first-order valence-corrected chi connectivity index (χ1v) is 9.20. The second-order valence-corrected chi connectivity index (χ2v) is 6.90. The second kappa shape index (κ2) is 7.87. The fourth-order valence-electron chi connectivity index (χ4n) is 3.01. The standard InChI is InChI=1S/C21H15ClF3N3O2/c1-29-16-6-7-17-18(22)9-19(27-20(17)8-16)14-10-26-28(12-14)11-13-2-4-15(5-3-13)30-21(23,24)25/h2-10,12H,11H2,1H3. The van der Waals surface area contributed by atoms with Gasteiger partial charge in [-0.3, -0.25) is 4.68 Å². The highest BCUT2D eigenvalue weighted by Crippen LogP contribution is 2.30. The summed E-state index contributed by atoms with van der Waals surface area (Å²) in [6.45, 7) is 0.376. The number of halogens is 4. The number of alkyl halides is 3. The van der Waals surface area contributed by atoms with E-state index in [9.17, 15) is 13.2 Å². The molecule has 0 radical (unpaired) electrons. The quantitative estimate of drug-likeness (QED) is 0.404. The summed E-state index contributed by atoms with van der Waals surface area (Å²) in [4.78, 5) is 4.64. The van der Waals surface area contributed by atoms with Crippen molar-refractivity contribution in [3.05, 3.63) is 71.5 Å². The van der Waals surface area contributed by atoms with Gasteiger partial charge in [-0.1, -0.05) is 23.7 Å². The molecule has 2 aromatic heterocycles. The van der Waals surface area contributed by atoms with Crippen LogP contribution in [0.15, 0.2) is 60.9 Å². The first-order valence-electron chi connectivity index (χ1n) is 8.82. The van der Waals surface area contributed by atoms with Crippen LogP contribution in [-0.2, 0) is 6.54 Å². The van der Waals surface area contributed by atoms with Gasteiger partial charge in [0, 0.05) is 23.2 Å². The van der Waals surface area contributed by atoms with Crippen molar-refractivity contribution in [1.82, 2.24) is 14.8 Å². The molecule has 4 rings (SSSR count). The number of benzene rings is 2. The van der Waals surface area contributed by atoms with Crippen LogP contribution in [0, 0.1) is 0 Å². The van der Waals surface area contributed by atoms with Gasteiger partial charge in [0.15, 0.2) is 0 Å². The Bertz CT molecular complexity index is 1190. The third-order valence-corrected chi connectivity index (χ3v) is 4.71. The normalized spacial score (nSPS) is 11.6. The van der Waals surface area contributed by atoms with Crippen molar-refractivity contribution in [3.8, 4) is 22.8 Å². The molecule has 2 aromatic carbocycles. The molecule has 0 saturated carbocycles. The Morgan fingerprint density at radius 2 is 1.77 bits per heavy atom. The van der Waals surface area contributed by atoms with Crippen molar-refractivity contribution in [2.45, 2.75) is 12.9 Å². The summed E-state index contributed by atoms with van der Waals surface area (Å²) in [5, 5.41) is 5.69. The van der Waals surface area contributed by atoms with Crippen LogP contribution < -0.4 is 9.47 Å². The molecular weight excluding hydrogens is 419 g/mol. The maximum atomic E-state index is 12.3.